The van der Waals surface area contributed by atoms with Crippen LogP contribution in [-0.4, -0.2) is 16.9 Å². The van der Waals surface area contributed by atoms with Crippen LogP contribution in [-0.2, 0) is 11.0 Å². The van der Waals surface area contributed by atoms with Gasteiger partial charge in [-0.05, 0) is 18.2 Å². The van der Waals surface area contributed by atoms with Gasteiger partial charge in [0.15, 0.2) is 0 Å². The minimum absolute atomic E-state index is 0.348. The fourth-order valence-electron chi connectivity index (χ4n) is 1.01. The zero-order valence-corrected chi connectivity index (χ0v) is 8.26. The van der Waals surface area contributed by atoms with E-state index in [2.05, 4.69) is 0 Å². The van der Waals surface area contributed by atoms with Gasteiger partial charge in [0.1, 0.15) is 0 Å². The molecule has 0 radical (unpaired) electrons. The molecule has 1 aromatic rings. The van der Waals surface area contributed by atoms with Crippen molar-refractivity contribution in [2.24, 2.45) is 0 Å². The van der Waals surface area contributed by atoms with E-state index in [1.54, 1.807) is 0 Å². The van der Waals surface area contributed by atoms with E-state index in [-0.39, 0.29) is 5.02 Å². The summed E-state index contributed by atoms with van der Waals surface area (Å²) >= 11 is 5.36. The van der Waals surface area contributed by atoms with E-state index in [1.165, 1.54) is 0 Å². The van der Waals surface area contributed by atoms with Crippen LogP contribution in [0.2, 0.25) is 5.02 Å². The summed E-state index contributed by atoms with van der Waals surface area (Å²) in [7, 11) is 0. The normalized spacial score (nSPS) is 11.2. The Labute approximate surface area is 92.4 Å². The predicted molar refractivity (Wildman–Crippen MR) is 48.4 cm³/mol. The first kappa shape index (κ1) is 12.5. The average Bonchev–Trinajstić information content (AvgIpc) is 2.14. The number of Topliss-reactive ketones (excluding diaryl/α,β-unsaturated/α-hetero) is 1. The molecule has 16 heavy (non-hydrogen) atoms. The summed E-state index contributed by atoms with van der Waals surface area (Å²) in [6, 6.07) is 1.93. The van der Waals surface area contributed by atoms with Crippen molar-refractivity contribution in [1.29, 1.82) is 0 Å². The van der Waals surface area contributed by atoms with Crippen molar-refractivity contribution in [2.45, 2.75) is 6.18 Å². The number of ketones is 1. The molecule has 0 bridgehead atoms. The van der Waals surface area contributed by atoms with Crippen molar-refractivity contribution in [1.82, 2.24) is 0 Å². The second-order valence-electron chi connectivity index (χ2n) is 2.86. The molecule has 0 aliphatic heterocycles. The summed E-state index contributed by atoms with van der Waals surface area (Å²) in [4.78, 5) is 21.2. The van der Waals surface area contributed by atoms with Gasteiger partial charge in [0.05, 0.1) is 5.56 Å². The zero-order valence-electron chi connectivity index (χ0n) is 7.51. The van der Waals surface area contributed by atoms with Crippen molar-refractivity contribution in [3.8, 4) is 0 Å². The Bertz CT molecular complexity index is 454. The van der Waals surface area contributed by atoms with Gasteiger partial charge in [0.2, 0.25) is 0 Å². The molecule has 0 unspecified atom stereocenters. The first-order valence-corrected chi connectivity index (χ1v) is 4.25. The van der Waals surface area contributed by atoms with E-state index < -0.39 is 29.1 Å². The van der Waals surface area contributed by atoms with Crippen LogP contribution < -0.4 is 0 Å². The third kappa shape index (κ3) is 2.73. The Balaban J connectivity index is 3.29. The third-order valence-corrected chi connectivity index (χ3v) is 1.90. The molecular formula is C9H4ClF3O3. The molecule has 0 aliphatic rings. The number of rotatable bonds is 2. The molecule has 0 heterocycles. The number of carboxylic acids is 1. The van der Waals surface area contributed by atoms with Crippen LogP contribution in [0.4, 0.5) is 13.2 Å². The van der Waals surface area contributed by atoms with E-state index in [9.17, 15) is 22.8 Å². The van der Waals surface area contributed by atoms with Crippen LogP contribution >= 0.6 is 11.6 Å². The van der Waals surface area contributed by atoms with Crippen molar-refractivity contribution in [3.05, 3.63) is 34.3 Å². The molecular weight excluding hydrogens is 249 g/mol. The van der Waals surface area contributed by atoms with Gasteiger partial charge >= 0.3 is 12.1 Å². The molecule has 0 amide bonds. The Kier molecular flexibility index (Phi) is 3.23. The highest BCUT2D eigenvalue weighted by molar-refractivity contribution is 6.40. The standard InChI is InChI=1S/C9H4ClF3O3/c10-6-2-4(7(14)8(15)16)1-5(3-6)9(11,12)13/h1-3H,(H,15,16). The highest BCUT2D eigenvalue weighted by atomic mass is 35.5. The highest BCUT2D eigenvalue weighted by Crippen LogP contribution is 2.31. The molecule has 7 heteroatoms. The molecule has 0 saturated carbocycles. The van der Waals surface area contributed by atoms with Crippen LogP contribution in [0.15, 0.2) is 18.2 Å². The molecule has 1 N–H and O–H groups in total. The highest BCUT2D eigenvalue weighted by Gasteiger charge is 2.32. The SMILES string of the molecule is O=C(O)C(=O)c1cc(Cl)cc(C(F)(F)F)c1. The molecule has 0 aliphatic carbocycles. The van der Waals surface area contributed by atoms with Crippen LogP contribution in [0, 0.1) is 0 Å². The average molecular weight is 253 g/mol. The number of halogens is 4. The molecule has 86 valence electrons. The summed E-state index contributed by atoms with van der Waals surface area (Å²) in [5.41, 5.74) is -1.77. The smallest absolute Gasteiger partial charge is 0.416 e. The fraction of sp³-hybridized carbons (Fsp3) is 0.111. The second kappa shape index (κ2) is 4.13. The summed E-state index contributed by atoms with van der Waals surface area (Å²) in [6.07, 6.45) is -4.68. The van der Waals surface area contributed by atoms with Gasteiger partial charge in [-0.15, -0.1) is 0 Å². The minimum Gasteiger partial charge on any atom is -0.475 e. The van der Waals surface area contributed by atoms with Gasteiger partial charge in [-0.3, -0.25) is 4.79 Å². The van der Waals surface area contributed by atoms with Crippen molar-refractivity contribution in [3.63, 3.8) is 0 Å². The van der Waals surface area contributed by atoms with Gasteiger partial charge < -0.3 is 5.11 Å². The van der Waals surface area contributed by atoms with Gasteiger partial charge in [-0.1, -0.05) is 11.6 Å². The molecule has 0 saturated heterocycles. The lowest BCUT2D eigenvalue weighted by atomic mass is 10.1. The lowest BCUT2D eigenvalue weighted by Crippen LogP contribution is -2.14. The van der Waals surface area contributed by atoms with E-state index >= 15 is 0 Å². The summed E-state index contributed by atoms with van der Waals surface area (Å²) in [5, 5.41) is 8.00. The number of hydrogen-bond donors (Lipinski definition) is 1. The van der Waals surface area contributed by atoms with Crippen LogP contribution in [0.25, 0.3) is 0 Å². The van der Waals surface area contributed by atoms with Gasteiger partial charge in [-0.2, -0.15) is 13.2 Å². The molecule has 0 spiro atoms. The molecule has 0 fully saturated rings. The zero-order chi connectivity index (χ0) is 12.5. The van der Waals surface area contributed by atoms with Crippen LogP contribution in [0.5, 0.6) is 0 Å². The quantitative estimate of drug-likeness (QED) is 0.650. The summed E-state index contributed by atoms with van der Waals surface area (Å²) < 4.78 is 36.9. The Morgan fingerprint density at radius 1 is 1.19 bits per heavy atom. The first-order chi connectivity index (χ1) is 7.21. The van der Waals surface area contributed by atoms with E-state index in [0.717, 1.165) is 6.07 Å². The van der Waals surface area contributed by atoms with Crippen LogP contribution in [0.3, 0.4) is 0 Å². The van der Waals surface area contributed by atoms with Crippen molar-refractivity contribution < 1.29 is 27.9 Å². The maximum absolute atomic E-state index is 12.3. The Morgan fingerprint density at radius 2 is 1.75 bits per heavy atom. The molecule has 0 aromatic heterocycles. The number of alkyl halides is 3. The molecule has 1 rings (SSSR count). The minimum atomic E-state index is -4.68. The van der Waals surface area contributed by atoms with Crippen LogP contribution in [0.1, 0.15) is 15.9 Å². The maximum atomic E-state index is 12.3. The molecule has 0 atom stereocenters. The van der Waals surface area contributed by atoms with Gasteiger partial charge in [0, 0.05) is 10.6 Å². The van der Waals surface area contributed by atoms with E-state index in [1.807, 2.05) is 0 Å². The Hall–Kier alpha value is -1.56. The molecule has 1 aromatic carbocycles. The fourth-order valence-corrected chi connectivity index (χ4v) is 1.24. The maximum Gasteiger partial charge on any atom is 0.416 e. The topological polar surface area (TPSA) is 54.4 Å². The third-order valence-electron chi connectivity index (χ3n) is 1.68. The van der Waals surface area contributed by atoms with Crippen molar-refractivity contribution >= 4 is 23.4 Å². The largest absolute Gasteiger partial charge is 0.475 e. The Morgan fingerprint density at radius 3 is 2.19 bits per heavy atom. The molecule has 3 nitrogen and oxygen atoms in total. The number of benzene rings is 1. The lowest BCUT2D eigenvalue weighted by Gasteiger charge is -2.08. The first-order valence-electron chi connectivity index (χ1n) is 3.87. The summed E-state index contributed by atoms with van der Waals surface area (Å²) in [6.45, 7) is 0. The predicted octanol–water partition coefficient (Wildman–Crippen LogP) is 2.63. The number of carboxylic acid groups (broad SMARTS) is 1. The number of carbonyl (C=O) groups is 2. The monoisotopic (exact) mass is 252 g/mol. The number of hydrogen-bond acceptors (Lipinski definition) is 2. The van der Waals surface area contributed by atoms with E-state index in [4.69, 9.17) is 16.7 Å². The van der Waals surface area contributed by atoms with Gasteiger partial charge in [0.25, 0.3) is 5.78 Å². The van der Waals surface area contributed by atoms with Crippen molar-refractivity contribution in [2.75, 3.05) is 0 Å². The summed E-state index contributed by atoms with van der Waals surface area (Å²) in [5.74, 6) is -3.27. The number of carbonyl (C=O) groups excluding carboxylic acids is 1. The van der Waals surface area contributed by atoms with Gasteiger partial charge in [-0.25, -0.2) is 4.79 Å². The lowest BCUT2D eigenvalue weighted by molar-refractivity contribution is -0.137. The second-order valence-corrected chi connectivity index (χ2v) is 3.30. The number of aliphatic carboxylic acids is 1. The van der Waals surface area contributed by atoms with E-state index in [0.29, 0.717) is 12.1 Å².